The van der Waals surface area contributed by atoms with Crippen LogP contribution in [0.25, 0.3) is 6.08 Å². The van der Waals surface area contributed by atoms with Crippen LogP contribution >= 0.6 is 0 Å². The predicted octanol–water partition coefficient (Wildman–Crippen LogP) is 0.930. The van der Waals surface area contributed by atoms with Crippen LogP contribution in [0.15, 0.2) is 28.5 Å². The number of methoxy groups -OCH3 is 1. The van der Waals surface area contributed by atoms with Gasteiger partial charge in [0.15, 0.2) is 0 Å². The molecular weight excluding hydrogens is 198 g/mol. The smallest absolute Gasteiger partial charge is 0.354 e. The molecule has 0 atom stereocenters. The molecule has 0 aliphatic carbocycles. The zero-order valence-electron chi connectivity index (χ0n) is 8.44. The van der Waals surface area contributed by atoms with Crippen LogP contribution in [0.5, 0.6) is 0 Å². The molecule has 0 radical (unpaired) electrons. The van der Waals surface area contributed by atoms with E-state index in [0.29, 0.717) is 5.76 Å². The molecule has 1 aromatic rings. The highest BCUT2D eigenvalue weighted by Crippen LogP contribution is 2.06. The number of nitrogens with one attached hydrogen (secondary N) is 1. The molecule has 5 heteroatoms. The second kappa shape index (κ2) is 4.99. The van der Waals surface area contributed by atoms with Crippen LogP contribution in [0.4, 0.5) is 0 Å². The van der Waals surface area contributed by atoms with Crippen LogP contribution in [0.1, 0.15) is 12.7 Å². The summed E-state index contributed by atoms with van der Waals surface area (Å²) in [6, 6.07) is 3.33. The Hall–Kier alpha value is -2.04. The lowest BCUT2D eigenvalue weighted by atomic mass is 10.3. The molecule has 1 amide bonds. The zero-order chi connectivity index (χ0) is 11.3. The molecule has 0 fully saturated rings. The van der Waals surface area contributed by atoms with E-state index in [9.17, 15) is 9.59 Å². The van der Waals surface area contributed by atoms with Crippen LogP contribution in [0, 0.1) is 0 Å². The van der Waals surface area contributed by atoms with E-state index in [1.165, 1.54) is 26.4 Å². The average Bonchev–Trinajstić information content (AvgIpc) is 2.67. The molecule has 0 aromatic carbocycles. The van der Waals surface area contributed by atoms with Gasteiger partial charge in [0.2, 0.25) is 5.91 Å². The number of furan rings is 1. The minimum Gasteiger partial charge on any atom is -0.465 e. The van der Waals surface area contributed by atoms with Gasteiger partial charge in [0.1, 0.15) is 11.5 Å². The van der Waals surface area contributed by atoms with E-state index in [-0.39, 0.29) is 11.6 Å². The maximum Gasteiger partial charge on any atom is 0.354 e. The van der Waals surface area contributed by atoms with Gasteiger partial charge in [-0.1, -0.05) is 0 Å². The first kappa shape index (κ1) is 11.0. The van der Waals surface area contributed by atoms with E-state index >= 15 is 0 Å². The average molecular weight is 209 g/mol. The van der Waals surface area contributed by atoms with Gasteiger partial charge < -0.3 is 14.5 Å². The molecular formula is C10H11NO4. The third-order valence-electron chi connectivity index (χ3n) is 1.55. The molecule has 1 rings (SSSR count). The Bertz CT molecular complexity index is 378. The number of carbonyl (C=O) groups is 2. The van der Waals surface area contributed by atoms with Gasteiger partial charge in [-0.15, -0.1) is 0 Å². The molecule has 0 saturated carbocycles. The standard InChI is InChI=1S/C10H11NO4/c1-7(12)11-9(10(13)14-2)6-8-4-3-5-15-8/h3-6H,1-2H3,(H,11,12)/b9-6-. The maximum absolute atomic E-state index is 11.2. The lowest BCUT2D eigenvalue weighted by Crippen LogP contribution is -2.25. The summed E-state index contributed by atoms with van der Waals surface area (Å²) in [5.41, 5.74) is 0.0416. The fourth-order valence-corrected chi connectivity index (χ4v) is 0.961. The first-order chi connectivity index (χ1) is 7.13. The summed E-state index contributed by atoms with van der Waals surface area (Å²) < 4.78 is 9.50. The Labute approximate surface area is 86.7 Å². The van der Waals surface area contributed by atoms with Crippen molar-refractivity contribution in [1.82, 2.24) is 5.32 Å². The van der Waals surface area contributed by atoms with Gasteiger partial charge in [0, 0.05) is 13.0 Å². The minimum atomic E-state index is -0.624. The summed E-state index contributed by atoms with van der Waals surface area (Å²) in [6.45, 7) is 1.30. The number of amides is 1. The van der Waals surface area contributed by atoms with Crippen molar-refractivity contribution in [2.45, 2.75) is 6.92 Å². The summed E-state index contributed by atoms with van der Waals surface area (Å²) in [6.07, 6.45) is 2.86. The van der Waals surface area contributed by atoms with Crippen LogP contribution < -0.4 is 5.32 Å². The SMILES string of the molecule is COC(=O)/C(=C/c1ccco1)NC(C)=O. The molecule has 5 nitrogen and oxygen atoms in total. The number of rotatable bonds is 3. The monoisotopic (exact) mass is 209 g/mol. The lowest BCUT2D eigenvalue weighted by Gasteiger charge is -2.04. The van der Waals surface area contributed by atoms with Crippen LogP contribution in [-0.4, -0.2) is 19.0 Å². The van der Waals surface area contributed by atoms with E-state index in [2.05, 4.69) is 10.1 Å². The van der Waals surface area contributed by atoms with Crippen LogP contribution in [-0.2, 0) is 14.3 Å². The van der Waals surface area contributed by atoms with E-state index in [0.717, 1.165) is 0 Å². The summed E-state index contributed by atoms with van der Waals surface area (Å²) in [5, 5.41) is 2.36. The molecule has 1 N–H and O–H groups in total. The van der Waals surface area contributed by atoms with E-state index in [1.807, 2.05) is 0 Å². The third-order valence-corrected chi connectivity index (χ3v) is 1.55. The number of hydrogen-bond donors (Lipinski definition) is 1. The molecule has 0 aliphatic rings. The Morgan fingerprint density at radius 3 is 2.73 bits per heavy atom. The zero-order valence-corrected chi connectivity index (χ0v) is 8.44. The largest absolute Gasteiger partial charge is 0.465 e. The van der Waals surface area contributed by atoms with Gasteiger partial charge in [-0.05, 0) is 12.1 Å². The highest BCUT2D eigenvalue weighted by molar-refractivity contribution is 5.97. The van der Waals surface area contributed by atoms with Crippen LogP contribution in [0.3, 0.4) is 0 Å². The summed E-state index contributed by atoms with van der Waals surface area (Å²) >= 11 is 0. The van der Waals surface area contributed by atoms with Crippen molar-refractivity contribution in [1.29, 1.82) is 0 Å². The van der Waals surface area contributed by atoms with Crippen molar-refractivity contribution in [3.63, 3.8) is 0 Å². The molecule has 0 aliphatic heterocycles. The molecule has 0 spiro atoms. The quantitative estimate of drug-likeness (QED) is 0.594. The molecule has 0 unspecified atom stereocenters. The predicted molar refractivity (Wildman–Crippen MR) is 52.5 cm³/mol. The number of ether oxygens (including phenoxy) is 1. The normalized spacial score (nSPS) is 10.9. The Morgan fingerprint density at radius 2 is 2.27 bits per heavy atom. The molecule has 0 bridgehead atoms. The van der Waals surface area contributed by atoms with Crippen molar-refractivity contribution in [3.8, 4) is 0 Å². The van der Waals surface area contributed by atoms with Crippen molar-refractivity contribution >= 4 is 18.0 Å². The minimum absolute atomic E-state index is 0.0416. The van der Waals surface area contributed by atoms with Gasteiger partial charge >= 0.3 is 5.97 Å². The van der Waals surface area contributed by atoms with Gasteiger partial charge in [-0.2, -0.15) is 0 Å². The fourth-order valence-electron chi connectivity index (χ4n) is 0.961. The molecule has 80 valence electrons. The van der Waals surface area contributed by atoms with Crippen molar-refractivity contribution in [2.24, 2.45) is 0 Å². The fraction of sp³-hybridized carbons (Fsp3) is 0.200. The van der Waals surface area contributed by atoms with E-state index < -0.39 is 5.97 Å². The highest BCUT2D eigenvalue weighted by Gasteiger charge is 2.11. The molecule has 0 saturated heterocycles. The second-order valence-corrected chi connectivity index (χ2v) is 2.75. The Balaban J connectivity index is 2.90. The summed E-state index contributed by atoms with van der Waals surface area (Å²) in [5.74, 6) is -0.510. The molecule has 1 aromatic heterocycles. The van der Waals surface area contributed by atoms with Gasteiger partial charge in [0.05, 0.1) is 13.4 Å². The molecule has 1 heterocycles. The Morgan fingerprint density at radius 1 is 1.53 bits per heavy atom. The Kier molecular flexibility index (Phi) is 3.68. The van der Waals surface area contributed by atoms with Crippen molar-refractivity contribution in [2.75, 3.05) is 7.11 Å². The second-order valence-electron chi connectivity index (χ2n) is 2.75. The first-order valence-electron chi connectivity index (χ1n) is 4.24. The first-order valence-corrected chi connectivity index (χ1v) is 4.24. The number of esters is 1. The number of carbonyl (C=O) groups excluding carboxylic acids is 2. The van der Waals surface area contributed by atoms with E-state index in [4.69, 9.17) is 4.42 Å². The van der Waals surface area contributed by atoms with Gasteiger partial charge in [0.25, 0.3) is 0 Å². The summed E-state index contributed by atoms with van der Waals surface area (Å²) in [4.78, 5) is 22.0. The van der Waals surface area contributed by atoms with Gasteiger partial charge in [-0.3, -0.25) is 4.79 Å². The summed E-state index contributed by atoms with van der Waals surface area (Å²) in [7, 11) is 1.24. The van der Waals surface area contributed by atoms with Crippen LogP contribution in [0.2, 0.25) is 0 Å². The van der Waals surface area contributed by atoms with Crippen molar-refractivity contribution in [3.05, 3.63) is 29.9 Å². The topological polar surface area (TPSA) is 68.5 Å². The van der Waals surface area contributed by atoms with E-state index in [1.54, 1.807) is 12.1 Å². The maximum atomic E-state index is 11.2. The molecule has 15 heavy (non-hydrogen) atoms. The number of hydrogen-bond acceptors (Lipinski definition) is 4. The third kappa shape index (κ3) is 3.30. The van der Waals surface area contributed by atoms with Crippen molar-refractivity contribution < 1.29 is 18.7 Å². The lowest BCUT2D eigenvalue weighted by molar-refractivity contribution is -0.137. The van der Waals surface area contributed by atoms with Gasteiger partial charge in [-0.25, -0.2) is 4.79 Å². The highest BCUT2D eigenvalue weighted by atomic mass is 16.5.